The minimum atomic E-state index is 0.00326. The number of aromatic nitrogens is 1. The molecule has 21 heavy (non-hydrogen) atoms. The first kappa shape index (κ1) is 16.6. The minimum Gasteiger partial charge on any atom is -0.351 e. The maximum absolute atomic E-state index is 12.1. The molecule has 1 aliphatic rings. The lowest BCUT2D eigenvalue weighted by Gasteiger charge is -2.31. The average molecular weight is 356 g/mol. The van der Waals surface area contributed by atoms with Crippen molar-refractivity contribution in [2.75, 3.05) is 20.1 Å². The summed E-state index contributed by atoms with van der Waals surface area (Å²) >= 11 is 3.39. The zero-order valence-corrected chi connectivity index (χ0v) is 14.7. The quantitative estimate of drug-likeness (QED) is 0.795. The van der Waals surface area contributed by atoms with Gasteiger partial charge in [0.15, 0.2) is 0 Å². The SMILES string of the molecule is CN(CCCNC(=O)c1cc(Br)cn1C)C1CCCCC1. The molecular formula is C16H26BrN3O. The molecule has 5 heteroatoms. The van der Waals surface area contributed by atoms with Gasteiger partial charge in [0.05, 0.1) is 0 Å². The molecule has 0 aromatic carbocycles. The minimum absolute atomic E-state index is 0.00326. The van der Waals surface area contributed by atoms with Crippen LogP contribution in [0.4, 0.5) is 0 Å². The Labute approximate surface area is 136 Å². The predicted molar refractivity (Wildman–Crippen MR) is 89.6 cm³/mol. The molecule has 1 heterocycles. The summed E-state index contributed by atoms with van der Waals surface area (Å²) in [6, 6.07) is 2.60. The van der Waals surface area contributed by atoms with Crippen LogP contribution >= 0.6 is 15.9 Å². The number of rotatable bonds is 6. The zero-order valence-electron chi connectivity index (χ0n) is 13.1. The first-order chi connectivity index (χ1) is 10.1. The van der Waals surface area contributed by atoms with Crippen molar-refractivity contribution in [1.82, 2.24) is 14.8 Å². The van der Waals surface area contributed by atoms with E-state index in [0.29, 0.717) is 5.69 Å². The number of nitrogens with zero attached hydrogens (tertiary/aromatic N) is 2. The van der Waals surface area contributed by atoms with Crippen LogP contribution in [-0.4, -0.2) is 41.6 Å². The molecule has 1 fully saturated rings. The molecular weight excluding hydrogens is 330 g/mol. The van der Waals surface area contributed by atoms with Gasteiger partial charge in [-0.25, -0.2) is 0 Å². The summed E-state index contributed by atoms with van der Waals surface area (Å²) in [6.45, 7) is 1.79. The van der Waals surface area contributed by atoms with Gasteiger partial charge in [-0.15, -0.1) is 0 Å². The Morgan fingerprint density at radius 1 is 1.43 bits per heavy atom. The highest BCUT2D eigenvalue weighted by atomic mass is 79.9. The van der Waals surface area contributed by atoms with Gasteiger partial charge in [-0.05, 0) is 54.9 Å². The van der Waals surface area contributed by atoms with Gasteiger partial charge in [0.1, 0.15) is 5.69 Å². The highest BCUT2D eigenvalue weighted by Gasteiger charge is 2.17. The van der Waals surface area contributed by atoms with Crippen LogP contribution in [0.2, 0.25) is 0 Å². The van der Waals surface area contributed by atoms with Crippen molar-refractivity contribution in [3.63, 3.8) is 0 Å². The third kappa shape index (κ3) is 4.85. The Morgan fingerprint density at radius 3 is 2.76 bits per heavy atom. The number of halogens is 1. The van der Waals surface area contributed by atoms with Gasteiger partial charge in [-0.1, -0.05) is 19.3 Å². The van der Waals surface area contributed by atoms with Crippen LogP contribution in [0.25, 0.3) is 0 Å². The first-order valence-electron chi connectivity index (χ1n) is 7.88. The van der Waals surface area contributed by atoms with E-state index in [-0.39, 0.29) is 5.91 Å². The normalized spacial score (nSPS) is 16.4. The lowest BCUT2D eigenvalue weighted by atomic mass is 9.94. The van der Waals surface area contributed by atoms with Crippen LogP contribution in [0, 0.1) is 0 Å². The molecule has 1 aromatic heterocycles. The van der Waals surface area contributed by atoms with Crippen LogP contribution in [0.1, 0.15) is 49.0 Å². The molecule has 0 bridgehead atoms. The Hall–Kier alpha value is -0.810. The topological polar surface area (TPSA) is 37.3 Å². The fourth-order valence-electron chi connectivity index (χ4n) is 3.08. The van der Waals surface area contributed by atoms with E-state index in [1.54, 1.807) is 0 Å². The van der Waals surface area contributed by atoms with Crippen LogP contribution in [-0.2, 0) is 7.05 Å². The molecule has 2 rings (SSSR count). The Bertz CT molecular complexity index is 466. The van der Waals surface area contributed by atoms with Crippen molar-refractivity contribution in [3.8, 4) is 0 Å². The fraction of sp³-hybridized carbons (Fsp3) is 0.688. The lowest BCUT2D eigenvalue weighted by molar-refractivity contribution is 0.0942. The highest BCUT2D eigenvalue weighted by molar-refractivity contribution is 9.10. The summed E-state index contributed by atoms with van der Waals surface area (Å²) in [5.74, 6) is 0.00326. The fourth-order valence-corrected chi connectivity index (χ4v) is 3.60. The Balaban J connectivity index is 1.67. The van der Waals surface area contributed by atoms with Gasteiger partial charge in [0.25, 0.3) is 5.91 Å². The van der Waals surface area contributed by atoms with E-state index >= 15 is 0 Å². The molecule has 1 N–H and O–H groups in total. The highest BCUT2D eigenvalue weighted by Crippen LogP contribution is 2.21. The molecule has 0 radical (unpaired) electrons. The van der Waals surface area contributed by atoms with Crippen molar-refractivity contribution in [2.24, 2.45) is 7.05 Å². The van der Waals surface area contributed by atoms with E-state index in [2.05, 4.69) is 33.2 Å². The zero-order chi connectivity index (χ0) is 15.2. The van der Waals surface area contributed by atoms with E-state index in [4.69, 9.17) is 0 Å². The van der Waals surface area contributed by atoms with E-state index in [9.17, 15) is 4.79 Å². The van der Waals surface area contributed by atoms with Gasteiger partial charge in [0, 0.05) is 30.3 Å². The molecule has 0 unspecified atom stereocenters. The van der Waals surface area contributed by atoms with Gasteiger partial charge in [0.2, 0.25) is 0 Å². The second-order valence-corrected chi connectivity index (χ2v) is 6.95. The number of carbonyl (C=O) groups is 1. The monoisotopic (exact) mass is 355 g/mol. The number of carbonyl (C=O) groups excluding carboxylic acids is 1. The largest absolute Gasteiger partial charge is 0.351 e. The van der Waals surface area contributed by atoms with Crippen molar-refractivity contribution < 1.29 is 4.79 Å². The molecule has 0 aliphatic heterocycles. The maximum atomic E-state index is 12.1. The van der Waals surface area contributed by atoms with E-state index in [1.807, 2.05) is 23.9 Å². The van der Waals surface area contributed by atoms with Gasteiger partial charge in [-0.3, -0.25) is 4.79 Å². The molecule has 1 aliphatic carbocycles. The van der Waals surface area contributed by atoms with Crippen molar-refractivity contribution in [2.45, 2.75) is 44.6 Å². The Morgan fingerprint density at radius 2 is 2.14 bits per heavy atom. The molecule has 0 atom stereocenters. The third-order valence-corrected chi connectivity index (χ3v) is 4.81. The van der Waals surface area contributed by atoms with E-state index in [0.717, 1.165) is 30.0 Å². The molecule has 0 spiro atoms. The number of hydrogen-bond donors (Lipinski definition) is 1. The van der Waals surface area contributed by atoms with E-state index in [1.165, 1.54) is 32.1 Å². The summed E-state index contributed by atoms with van der Waals surface area (Å²) in [6.07, 6.45) is 9.70. The number of aryl methyl sites for hydroxylation is 1. The van der Waals surface area contributed by atoms with Crippen molar-refractivity contribution in [3.05, 3.63) is 22.4 Å². The van der Waals surface area contributed by atoms with Crippen LogP contribution in [0.15, 0.2) is 16.7 Å². The molecule has 1 amide bonds. The standard InChI is InChI=1S/C16H26BrN3O/c1-19(14-7-4-3-5-8-14)10-6-9-18-16(21)15-11-13(17)12-20(15)2/h11-12,14H,3-10H2,1-2H3,(H,18,21). The molecule has 1 saturated carbocycles. The van der Waals surface area contributed by atoms with Crippen LogP contribution in [0.5, 0.6) is 0 Å². The van der Waals surface area contributed by atoms with E-state index < -0.39 is 0 Å². The molecule has 118 valence electrons. The first-order valence-corrected chi connectivity index (χ1v) is 8.67. The van der Waals surface area contributed by atoms with Crippen molar-refractivity contribution in [1.29, 1.82) is 0 Å². The third-order valence-electron chi connectivity index (χ3n) is 4.38. The smallest absolute Gasteiger partial charge is 0.267 e. The second kappa shape index (κ2) is 7.99. The average Bonchev–Trinajstić information content (AvgIpc) is 2.83. The number of amides is 1. The number of nitrogens with one attached hydrogen (secondary N) is 1. The lowest BCUT2D eigenvalue weighted by Crippen LogP contribution is -2.36. The van der Waals surface area contributed by atoms with Crippen LogP contribution in [0.3, 0.4) is 0 Å². The summed E-state index contributed by atoms with van der Waals surface area (Å²) in [5.41, 5.74) is 0.697. The summed E-state index contributed by atoms with van der Waals surface area (Å²) < 4.78 is 2.78. The molecule has 1 aromatic rings. The maximum Gasteiger partial charge on any atom is 0.267 e. The number of hydrogen-bond acceptors (Lipinski definition) is 2. The van der Waals surface area contributed by atoms with Gasteiger partial charge < -0.3 is 14.8 Å². The summed E-state index contributed by atoms with van der Waals surface area (Å²) in [7, 11) is 4.10. The summed E-state index contributed by atoms with van der Waals surface area (Å²) in [4.78, 5) is 14.5. The summed E-state index contributed by atoms with van der Waals surface area (Å²) in [5, 5.41) is 3.00. The van der Waals surface area contributed by atoms with Crippen molar-refractivity contribution >= 4 is 21.8 Å². The van der Waals surface area contributed by atoms with Gasteiger partial charge >= 0.3 is 0 Å². The second-order valence-electron chi connectivity index (χ2n) is 6.04. The Kier molecular flexibility index (Phi) is 6.30. The molecule has 4 nitrogen and oxygen atoms in total. The van der Waals surface area contributed by atoms with Gasteiger partial charge in [-0.2, -0.15) is 0 Å². The van der Waals surface area contributed by atoms with Crippen LogP contribution < -0.4 is 5.32 Å². The molecule has 0 saturated heterocycles. The predicted octanol–water partition coefficient (Wildman–Crippen LogP) is 3.17.